The molecule has 1 heterocycles. The number of halogens is 2. The maximum atomic E-state index is 11.8. The summed E-state index contributed by atoms with van der Waals surface area (Å²) in [6, 6.07) is 3.47. The third kappa shape index (κ3) is 2.17. The zero-order chi connectivity index (χ0) is 12.6. The van der Waals surface area contributed by atoms with Crippen LogP contribution in [0.4, 0.5) is 5.69 Å². The van der Waals surface area contributed by atoms with E-state index in [1.54, 1.807) is 13.2 Å². The summed E-state index contributed by atoms with van der Waals surface area (Å²) in [6.45, 7) is 0.759. The molecule has 0 unspecified atom stereocenters. The molecule has 6 heteroatoms. The number of methoxy groups -OCH3 is 1. The highest BCUT2D eigenvalue weighted by Gasteiger charge is 2.37. The molecule has 0 bridgehead atoms. The summed E-state index contributed by atoms with van der Waals surface area (Å²) in [5, 5.41) is 0. The zero-order valence-electron chi connectivity index (χ0n) is 9.00. The van der Waals surface area contributed by atoms with Crippen molar-refractivity contribution in [1.82, 2.24) is 0 Å². The fourth-order valence-corrected chi connectivity index (χ4v) is 3.19. The molecule has 0 aliphatic carbocycles. The van der Waals surface area contributed by atoms with E-state index in [9.17, 15) is 9.59 Å². The van der Waals surface area contributed by atoms with Gasteiger partial charge >= 0.3 is 0 Å². The average Bonchev–Trinajstić information content (AvgIpc) is 2.51. The van der Waals surface area contributed by atoms with Gasteiger partial charge in [0, 0.05) is 22.6 Å². The van der Waals surface area contributed by atoms with Crippen molar-refractivity contribution in [2.24, 2.45) is 0 Å². The minimum Gasteiger partial charge on any atom is -0.383 e. The van der Waals surface area contributed by atoms with Gasteiger partial charge < -0.3 is 9.64 Å². The molecular formula is C11H9Br2NO3. The van der Waals surface area contributed by atoms with Crippen LogP contribution in [0.25, 0.3) is 0 Å². The maximum Gasteiger partial charge on any atom is 0.299 e. The highest BCUT2D eigenvalue weighted by Crippen LogP contribution is 2.38. The third-order valence-electron chi connectivity index (χ3n) is 2.50. The van der Waals surface area contributed by atoms with Crippen LogP contribution >= 0.6 is 31.9 Å². The second kappa shape index (κ2) is 4.88. The highest BCUT2D eigenvalue weighted by atomic mass is 79.9. The monoisotopic (exact) mass is 361 g/mol. The zero-order valence-corrected chi connectivity index (χ0v) is 12.2. The van der Waals surface area contributed by atoms with Crippen LogP contribution in [0.2, 0.25) is 0 Å². The predicted molar refractivity (Wildman–Crippen MR) is 70.4 cm³/mol. The second-order valence-corrected chi connectivity index (χ2v) is 5.33. The van der Waals surface area contributed by atoms with E-state index < -0.39 is 11.7 Å². The van der Waals surface area contributed by atoms with Crippen molar-refractivity contribution >= 4 is 49.2 Å². The molecule has 0 saturated carbocycles. The van der Waals surface area contributed by atoms with Crippen LogP contribution in [0.3, 0.4) is 0 Å². The molecule has 1 amide bonds. The van der Waals surface area contributed by atoms with E-state index in [2.05, 4.69) is 31.9 Å². The van der Waals surface area contributed by atoms with Crippen LogP contribution in [0.1, 0.15) is 10.4 Å². The number of carbonyl (C=O) groups excluding carboxylic acids is 2. The van der Waals surface area contributed by atoms with E-state index >= 15 is 0 Å². The molecule has 0 saturated heterocycles. The Morgan fingerprint density at radius 1 is 1.29 bits per heavy atom. The van der Waals surface area contributed by atoms with Crippen molar-refractivity contribution in [3.63, 3.8) is 0 Å². The number of benzene rings is 1. The quantitative estimate of drug-likeness (QED) is 0.775. The molecule has 0 fully saturated rings. The smallest absolute Gasteiger partial charge is 0.299 e. The van der Waals surface area contributed by atoms with Crippen LogP contribution < -0.4 is 4.90 Å². The first-order valence-corrected chi connectivity index (χ1v) is 6.49. The lowest BCUT2D eigenvalue weighted by atomic mass is 10.1. The Labute approximate surface area is 115 Å². The molecule has 1 aromatic rings. The van der Waals surface area contributed by atoms with Gasteiger partial charge in [-0.1, -0.05) is 15.9 Å². The SMILES string of the molecule is COCCN1C(=O)C(=O)c2cc(Br)cc(Br)c21. The molecule has 0 aromatic heterocycles. The summed E-state index contributed by atoms with van der Waals surface area (Å²) in [4.78, 5) is 25.1. The summed E-state index contributed by atoms with van der Waals surface area (Å²) in [6.07, 6.45) is 0. The second-order valence-electron chi connectivity index (χ2n) is 3.56. The number of nitrogens with zero attached hydrogens (tertiary/aromatic N) is 1. The van der Waals surface area contributed by atoms with Crippen molar-refractivity contribution in [3.8, 4) is 0 Å². The van der Waals surface area contributed by atoms with Gasteiger partial charge in [0.15, 0.2) is 0 Å². The lowest BCUT2D eigenvalue weighted by Crippen LogP contribution is -2.32. The van der Waals surface area contributed by atoms with Gasteiger partial charge in [-0.15, -0.1) is 0 Å². The lowest BCUT2D eigenvalue weighted by Gasteiger charge is -2.17. The largest absolute Gasteiger partial charge is 0.383 e. The van der Waals surface area contributed by atoms with Crippen molar-refractivity contribution in [2.45, 2.75) is 0 Å². The Bertz CT molecular complexity index is 502. The number of Topliss-reactive ketones (excluding diaryl/α,β-unsaturated/α-hetero) is 1. The summed E-state index contributed by atoms with van der Waals surface area (Å²) < 4.78 is 6.42. The number of amides is 1. The Morgan fingerprint density at radius 3 is 2.65 bits per heavy atom. The summed E-state index contributed by atoms with van der Waals surface area (Å²) in [5.74, 6) is -0.978. The maximum absolute atomic E-state index is 11.8. The Hall–Kier alpha value is -0.720. The van der Waals surface area contributed by atoms with E-state index in [0.717, 1.165) is 8.95 Å². The van der Waals surface area contributed by atoms with E-state index in [-0.39, 0.29) is 0 Å². The molecule has 2 rings (SSSR count). The molecule has 1 aromatic carbocycles. The van der Waals surface area contributed by atoms with E-state index in [1.807, 2.05) is 6.07 Å². The number of hydrogen-bond donors (Lipinski definition) is 0. The molecule has 90 valence electrons. The Morgan fingerprint density at radius 2 is 2.00 bits per heavy atom. The molecular weight excluding hydrogens is 354 g/mol. The predicted octanol–water partition coefficient (Wildman–Crippen LogP) is 2.39. The van der Waals surface area contributed by atoms with Crippen LogP contribution in [0.5, 0.6) is 0 Å². The standard InChI is InChI=1S/C11H9Br2NO3/c1-17-3-2-14-9-7(10(15)11(14)16)4-6(12)5-8(9)13/h4-5H,2-3H2,1H3. The average molecular weight is 363 g/mol. The van der Waals surface area contributed by atoms with Crippen LogP contribution in [-0.4, -0.2) is 32.0 Å². The highest BCUT2D eigenvalue weighted by molar-refractivity contribution is 9.11. The molecule has 0 spiro atoms. The molecule has 1 aliphatic rings. The van der Waals surface area contributed by atoms with Gasteiger partial charge in [0.05, 0.1) is 17.9 Å². The first-order valence-electron chi connectivity index (χ1n) is 4.90. The number of carbonyl (C=O) groups is 2. The summed E-state index contributed by atoms with van der Waals surface area (Å²) in [7, 11) is 1.56. The minimum absolute atomic E-state index is 0.369. The van der Waals surface area contributed by atoms with Crippen molar-refractivity contribution < 1.29 is 14.3 Å². The topological polar surface area (TPSA) is 46.6 Å². The molecule has 0 radical (unpaired) electrons. The summed E-state index contributed by atoms with van der Waals surface area (Å²) >= 11 is 6.67. The summed E-state index contributed by atoms with van der Waals surface area (Å²) in [5.41, 5.74) is 1.05. The van der Waals surface area contributed by atoms with Gasteiger partial charge in [0.2, 0.25) is 0 Å². The van der Waals surface area contributed by atoms with E-state index in [0.29, 0.717) is 24.4 Å². The van der Waals surface area contributed by atoms with Gasteiger partial charge in [0.1, 0.15) is 0 Å². The van der Waals surface area contributed by atoms with Crippen LogP contribution in [0, 0.1) is 0 Å². The third-order valence-corrected chi connectivity index (χ3v) is 3.56. The van der Waals surface area contributed by atoms with Gasteiger partial charge in [-0.2, -0.15) is 0 Å². The van der Waals surface area contributed by atoms with Crippen molar-refractivity contribution in [3.05, 3.63) is 26.6 Å². The van der Waals surface area contributed by atoms with E-state index in [4.69, 9.17) is 4.74 Å². The van der Waals surface area contributed by atoms with Gasteiger partial charge in [-0.05, 0) is 28.1 Å². The molecule has 1 aliphatic heterocycles. The number of anilines is 1. The molecule has 0 N–H and O–H groups in total. The van der Waals surface area contributed by atoms with Crippen LogP contribution in [0.15, 0.2) is 21.1 Å². The number of rotatable bonds is 3. The normalized spacial score (nSPS) is 14.4. The van der Waals surface area contributed by atoms with Crippen molar-refractivity contribution in [1.29, 1.82) is 0 Å². The Kier molecular flexibility index (Phi) is 3.65. The molecule has 4 nitrogen and oxygen atoms in total. The van der Waals surface area contributed by atoms with Gasteiger partial charge in [-0.3, -0.25) is 9.59 Å². The number of hydrogen-bond acceptors (Lipinski definition) is 3. The Balaban J connectivity index is 2.48. The molecule has 17 heavy (non-hydrogen) atoms. The minimum atomic E-state index is -0.504. The number of ketones is 1. The first kappa shape index (κ1) is 12.7. The van der Waals surface area contributed by atoms with Crippen molar-refractivity contribution in [2.75, 3.05) is 25.2 Å². The molecule has 0 atom stereocenters. The first-order chi connectivity index (χ1) is 8.06. The van der Waals surface area contributed by atoms with Crippen LogP contribution in [-0.2, 0) is 9.53 Å². The number of ether oxygens (including phenoxy) is 1. The fraction of sp³-hybridized carbons (Fsp3) is 0.273. The van der Waals surface area contributed by atoms with E-state index in [1.165, 1.54) is 4.90 Å². The lowest BCUT2D eigenvalue weighted by molar-refractivity contribution is -0.114. The van der Waals surface area contributed by atoms with Gasteiger partial charge in [0.25, 0.3) is 11.7 Å². The fourth-order valence-electron chi connectivity index (χ4n) is 1.75. The van der Waals surface area contributed by atoms with Gasteiger partial charge in [-0.25, -0.2) is 0 Å². The number of fused-ring (bicyclic) bond motifs is 1.